The summed E-state index contributed by atoms with van der Waals surface area (Å²) in [5.74, 6) is 1.35. The molecule has 2 rings (SSSR count). The molecule has 24 heavy (non-hydrogen) atoms. The fourth-order valence-electron chi connectivity index (χ4n) is 1.92. The topological polar surface area (TPSA) is 69.2 Å². The van der Waals surface area contributed by atoms with Gasteiger partial charge in [-0.1, -0.05) is 18.2 Å². The third-order valence-corrected chi connectivity index (χ3v) is 3.68. The van der Waals surface area contributed by atoms with Crippen LogP contribution in [0.5, 0.6) is 17.2 Å². The van der Waals surface area contributed by atoms with Crippen molar-refractivity contribution in [3.63, 3.8) is 0 Å². The Bertz CT molecular complexity index is 734. The van der Waals surface area contributed by atoms with Gasteiger partial charge in [-0.3, -0.25) is 4.79 Å². The number of hydrogen-bond acceptors (Lipinski definition) is 5. The van der Waals surface area contributed by atoms with Gasteiger partial charge in [0.15, 0.2) is 18.1 Å². The van der Waals surface area contributed by atoms with Crippen LogP contribution in [0.3, 0.4) is 0 Å². The molecule has 0 heterocycles. The summed E-state index contributed by atoms with van der Waals surface area (Å²) in [6.45, 7) is -0.144. The summed E-state index contributed by atoms with van der Waals surface area (Å²) in [4.78, 5) is 11.8. The van der Waals surface area contributed by atoms with Crippen LogP contribution in [0.1, 0.15) is 5.56 Å². The van der Waals surface area contributed by atoms with Crippen molar-refractivity contribution < 1.29 is 19.0 Å². The summed E-state index contributed by atoms with van der Waals surface area (Å²) >= 11 is 3.35. The van der Waals surface area contributed by atoms with Crippen molar-refractivity contribution in [3.05, 3.63) is 52.5 Å². The van der Waals surface area contributed by atoms with Crippen molar-refractivity contribution in [1.29, 1.82) is 0 Å². The standard InChI is InChI=1S/C17H17BrN2O4/c1-22-15-9-5-6-12(17(15)23-2)10-19-20-16(21)11-24-14-8-4-3-7-13(14)18/h3-10H,11H2,1-2H3,(H,20,21)/b19-10+. The second-order valence-electron chi connectivity index (χ2n) is 4.60. The Balaban J connectivity index is 1.92. The Morgan fingerprint density at radius 3 is 2.58 bits per heavy atom. The van der Waals surface area contributed by atoms with Gasteiger partial charge in [0.25, 0.3) is 5.91 Å². The zero-order valence-electron chi connectivity index (χ0n) is 13.3. The average molecular weight is 393 g/mol. The number of carbonyl (C=O) groups excluding carboxylic acids is 1. The van der Waals surface area contributed by atoms with Crippen LogP contribution in [0, 0.1) is 0 Å². The van der Waals surface area contributed by atoms with Gasteiger partial charge in [0.05, 0.1) is 24.9 Å². The molecular weight excluding hydrogens is 376 g/mol. The number of hydrogen-bond donors (Lipinski definition) is 1. The number of nitrogens with one attached hydrogen (secondary N) is 1. The number of halogens is 1. The highest BCUT2D eigenvalue weighted by atomic mass is 79.9. The first-order valence-electron chi connectivity index (χ1n) is 7.06. The minimum atomic E-state index is -0.371. The molecular formula is C17H17BrN2O4. The lowest BCUT2D eigenvalue weighted by Crippen LogP contribution is -2.24. The number of carbonyl (C=O) groups is 1. The Morgan fingerprint density at radius 1 is 1.12 bits per heavy atom. The average Bonchev–Trinajstić information content (AvgIpc) is 2.60. The molecule has 6 nitrogen and oxygen atoms in total. The maximum absolute atomic E-state index is 11.8. The highest BCUT2D eigenvalue weighted by Crippen LogP contribution is 2.29. The van der Waals surface area contributed by atoms with Gasteiger partial charge < -0.3 is 14.2 Å². The molecule has 126 valence electrons. The van der Waals surface area contributed by atoms with Gasteiger partial charge in [-0.05, 0) is 40.2 Å². The molecule has 2 aromatic rings. The van der Waals surface area contributed by atoms with E-state index in [0.717, 1.165) is 4.47 Å². The van der Waals surface area contributed by atoms with Crippen LogP contribution >= 0.6 is 15.9 Å². The third-order valence-electron chi connectivity index (χ3n) is 3.02. The molecule has 0 saturated carbocycles. The zero-order valence-corrected chi connectivity index (χ0v) is 14.9. The summed E-state index contributed by atoms with van der Waals surface area (Å²) in [6.07, 6.45) is 1.48. The van der Waals surface area contributed by atoms with E-state index >= 15 is 0 Å². The predicted octanol–water partition coefficient (Wildman–Crippen LogP) is 3.00. The number of amides is 1. The van der Waals surface area contributed by atoms with Crippen LogP contribution in [0.2, 0.25) is 0 Å². The molecule has 0 aliphatic carbocycles. The number of methoxy groups -OCH3 is 2. The van der Waals surface area contributed by atoms with E-state index in [1.165, 1.54) is 6.21 Å². The number of hydrazone groups is 1. The van der Waals surface area contributed by atoms with Gasteiger partial charge in [0, 0.05) is 5.56 Å². The molecule has 0 spiro atoms. The maximum Gasteiger partial charge on any atom is 0.277 e. The number of nitrogens with zero attached hydrogens (tertiary/aromatic N) is 1. The molecule has 0 atom stereocenters. The van der Waals surface area contributed by atoms with E-state index in [1.54, 1.807) is 38.5 Å². The number of ether oxygens (including phenoxy) is 3. The molecule has 0 saturated heterocycles. The molecule has 0 aromatic heterocycles. The molecule has 1 amide bonds. The maximum atomic E-state index is 11.8. The van der Waals surface area contributed by atoms with Crippen LogP contribution in [0.25, 0.3) is 0 Å². The first-order valence-corrected chi connectivity index (χ1v) is 7.85. The second kappa shape index (κ2) is 8.93. The van der Waals surface area contributed by atoms with E-state index in [2.05, 4.69) is 26.5 Å². The molecule has 0 bridgehead atoms. The number of rotatable bonds is 7. The van der Waals surface area contributed by atoms with E-state index in [9.17, 15) is 4.79 Å². The van der Waals surface area contributed by atoms with Crippen LogP contribution < -0.4 is 19.6 Å². The first kappa shape index (κ1) is 17.8. The predicted molar refractivity (Wildman–Crippen MR) is 94.9 cm³/mol. The van der Waals surface area contributed by atoms with Gasteiger partial charge in [-0.25, -0.2) is 5.43 Å². The molecule has 1 N–H and O–H groups in total. The first-order chi connectivity index (χ1) is 11.7. The Kier molecular flexibility index (Phi) is 6.62. The van der Waals surface area contributed by atoms with E-state index in [4.69, 9.17) is 14.2 Å². The summed E-state index contributed by atoms with van der Waals surface area (Å²) in [5, 5.41) is 3.91. The zero-order chi connectivity index (χ0) is 17.4. The summed E-state index contributed by atoms with van der Waals surface area (Å²) < 4.78 is 16.7. The van der Waals surface area contributed by atoms with Gasteiger partial charge in [0.1, 0.15) is 5.75 Å². The van der Waals surface area contributed by atoms with Crippen molar-refractivity contribution in [2.24, 2.45) is 5.10 Å². The Labute approximate surface area is 148 Å². The fraction of sp³-hybridized carbons (Fsp3) is 0.176. The van der Waals surface area contributed by atoms with Crippen LogP contribution in [0.4, 0.5) is 0 Å². The van der Waals surface area contributed by atoms with E-state index in [0.29, 0.717) is 22.8 Å². The molecule has 0 fully saturated rings. The molecule has 0 radical (unpaired) electrons. The van der Waals surface area contributed by atoms with E-state index < -0.39 is 0 Å². The molecule has 7 heteroatoms. The van der Waals surface area contributed by atoms with Crippen LogP contribution in [-0.2, 0) is 4.79 Å². The van der Waals surface area contributed by atoms with Crippen LogP contribution in [-0.4, -0.2) is 32.9 Å². The highest BCUT2D eigenvalue weighted by Gasteiger charge is 2.08. The van der Waals surface area contributed by atoms with Gasteiger partial charge in [-0.15, -0.1) is 0 Å². The van der Waals surface area contributed by atoms with Crippen LogP contribution in [0.15, 0.2) is 52.0 Å². The van der Waals surface area contributed by atoms with Crippen molar-refractivity contribution in [2.45, 2.75) is 0 Å². The molecule has 0 unspecified atom stereocenters. The summed E-state index contributed by atoms with van der Waals surface area (Å²) in [5.41, 5.74) is 3.09. The van der Waals surface area contributed by atoms with E-state index in [1.807, 2.05) is 18.2 Å². The molecule has 0 aliphatic heterocycles. The number of para-hydroxylation sites is 2. The van der Waals surface area contributed by atoms with Gasteiger partial charge in [-0.2, -0.15) is 5.10 Å². The second-order valence-corrected chi connectivity index (χ2v) is 5.45. The van der Waals surface area contributed by atoms with Crippen molar-refractivity contribution in [1.82, 2.24) is 5.43 Å². The third kappa shape index (κ3) is 4.73. The van der Waals surface area contributed by atoms with Crippen molar-refractivity contribution >= 4 is 28.1 Å². The normalized spacial score (nSPS) is 10.5. The van der Waals surface area contributed by atoms with Gasteiger partial charge >= 0.3 is 0 Å². The van der Waals surface area contributed by atoms with Crippen molar-refractivity contribution in [3.8, 4) is 17.2 Å². The lowest BCUT2D eigenvalue weighted by Gasteiger charge is -2.09. The molecule has 2 aromatic carbocycles. The lowest BCUT2D eigenvalue weighted by molar-refractivity contribution is -0.123. The highest BCUT2D eigenvalue weighted by molar-refractivity contribution is 9.10. The monoisotopic (exact) mass is 392 g/mol. The van der Waals surface area contributed by atoms with Crippen molar-refractivity contribution in [2.75, 3.05) is 20.8 Å². The Hall–Kier alpha value is -2.54. The lowest BCUT2D eigenvalue weighted by atomic mass is 10.2. The minimum Gasteiger partial charge on any atom is -0.493 e. The van der Waals surface area contributed by atoms with E-state index in [-0.39, 0.29) is 12.5 Å². The fourth-order valence-corrected chi connectivity index (χ4v) is 2.32. The smallest absolute Gasteiger partial charge is 0.277 e. The molecule has 0 aliphatic rings. The van der Waals surface area contributed by atoms with Gasteiger partial charge in [0.2, 0.25) is 0 Å². The number of benzene rings is 2. The quantitative estimate of drug-likeness (QED) is 0.580. The summed E-state index contributed by atoms with van der Waals surface area (Å²) in [7, 11) is 3.10. The summed E-state index contributed by atoms with van der Waals surface area (Å²) in [6, 6.07) is 12.7. The minimum absolute atomic E-state index is 0.144. The Morgan fingerprint density at radius 2 is 1.88 bits per heavy atom. The largest absolute Gasteiger partial charge is 0.493 e. The SMILES string of the molecule is COc1cccc(/C=N/NC(=O)COc2ccccc2Br)c1OC.